The highest BCUT2D eigenvalue weighted by atomic mass is 19.1. The van der Waals surface area contributed by atoms with Crippen LogP contribution in [0.2, 0.25) is 0 Å². The molecule has 1 aromatic rings. The van der Waals surface area contributed by atoms with Crippen LogP contribution < -0.4 is 5.32 Å². The van der Waals surface area contributed by atoms with Gasteiger partial charge in [-0.25, -0.2) is 4.39 Å². The third-order valence-electron chi connectivity index (χ3n) is 3.44. The quantitative estimate of drug-likeness (QED) is 0.650. The molecule has 1 fully saturated rings. The highest BCUT2D eigenvalue weighted by Crippen LogP contribution is 2.25. The number of nitrogens with zero attached hydrogens (tertiary/aromatic N) is 1. The summed E-state index contributed by atoms with van der Waals surface area (Å²) in [6.45, 7) is 0.595. The van der Waals surface area contributed by atoms with Gasteiger partial charge in [0.2, 0.25) is 0 Å². The Hall–Kier alpha value is -1.69. The van der Waals surface area contributed by atoms with E-state index >= 15 is 0 Å². The number of aliphatic hydroxyl groups is 1. The van der Waals surface area contributed by atoms with Gasteiger partial charge in [0.1, 0.15) is 5.82 Å². The van der Waals surface area contributed by atoms with Gasteiger partial charge in [-0.1, -0.05) is 6.42 Å². The van der Waals surface area contributed by atoms with Crippen molar-refractivity contribution in [2.45, 2.75) is 31.8 Å². The van der Waals surface area contributed by atoms with Crippen LogP contribution in [-0.2, 0) is 0 Å². The van der Waals surface area contributed by atoms with Crippen LogP contribution in [0, 0.1) is 21.8 Å². The standard InChI is InChI=1S/C13H17FN2O3/c14-10-5-11(7-12(6-10)16(18)19)15-8-9-2-1-3-13(17)4-9/h5-7,9,13,15,17H,1-4,8H2. The van der Waals surface area contributed by atoms with Gasteiger partial charge < -0.3 is 10.4 Å². The van der Waals surface area contributed by atoms with Crippen molar-refractivity contribution in [2.75, 3.05) is 11.9 Å². The van der Waals surface area contributed by atoms with Crippen molar-refractivity contribution in [3.63, 3.8) is 0 Å². The maximum atomic E-state index is 13.2. The number of hydrogen-bond acceptors (Lipinski definition) is 4. The predicted molar refractivity (Wildman–Crippen MR) is 69.5 cm³/mol. The van der Waals surface area contributed by atoms with Gasteiger partial charge in [0.15, 0.2) is 0 Å². The summed E-state index contributed by atoms with van der Waals surface area (Å²) in [4.78, 5) is 10.0. The normalized spacial score (nSPS) is 23.1. The number of non-ortho nitro benzene ring substituents is 1. The first-order valence-corrected chi connectivity index (χ1v) is 6.41. The lowest BCUT2D eigenvalue weighted by Gasteiger charge is -2.26. The van der Waals surface area contributed by atoms with Gasteiger partial charge >= 0.3 is 0 Å². The molecule has 0 spiro atoms. The minimum Gasteiger partial charge on any atom is -0.393 e. The molecule has 2 N–H and O–H groups in total. The molecule has 104 valence electrons. The Morgan fingerprint density at radius 3 is 2.89 bits per heavy atom. The molecule has 2 rings (SSSR count). The fraction of sp³-hybridized carbons (Fsp3) is 0.538. The summed E-state index contributed by atoms with van der Waals surface area (Å²) < 4.78 is 13.2. The molecule has 0 aliphatic heterocycles. The molecule has 0 heterocycles. The average molecular weight is 268 g/mol. The van der Waals surface area contributed by atoms with Gasteiger partial charge in [-0.15, -0.1) is 0 Å². The number of benzene rings is 1. The summed E-state index contributed by atoms with van der Waals surface area (Å²) in [5.74, 6) is -0.300. The van der Waals surface area contributed by atoms with E-state index < -0.39 is 10.7 Å². The molecule has 2 atom stereocenters. The van der Waals surface area contributed by atoms with Crippen molar-refractivity contribution in [3.05, 3.63) is 34.1 Å². The largest absolute Gasteiger partial charge is 0.393 e. The summed E-state index contributed by atoms with van der Waals surface area (Å²) in [5.41, 5.74) is 0.151. The Morgan fingerprint density at radius 2 is 2.21 bits per heavy atom. The van der Waals surface area contributed by atoms with E-state index in [1.165, 1.54) is 12.1 Å². The van der Waals surface area contributed by atoms with E-state index in [1.54, 1.807) is 0 Å². The van der Waals surface area contributed by atoms with E-state index in [4.69, 9.17) is 0 Å². The molecule has 2 unspecified atom stereocenters. The molecule has 0 bridgehead atoms. The molecule has 0 aromatic heterocycles. The van der Waals surface area contributed by atoms with Crippen LogP contribution in [-0.4, -0.2) is 22.7 Å². The summed E-state index contributed by atoms with van der Waals surface area (Å²) >= 11 is 0. The van der Waals surface area contributed by atoms with Crippen molar-refractivity contribution >= 4 is 11.4 Å². The monoisotopic (exact) mass is 268 g/mol. The lowest BCUT2D eigenvalue weighted by Crippen LogP contribution is -2.25. The Bertz CT molecular complexity index is 467. The van der Waals surface area contributed by atoms with E-state index in [9.17, 15) is 19.6 Å². The third-order valence-corrected chi connectivity index (χ3v) is 3.44. The summed E-state index contributed by atoms with van der Waals surface area (Å²) in [6, 6.07) is 3.46. The summed E-state index contributed by atoms with van der Waals surface area (Å²) in [7, 11) is 0. The molecule has 0 saturated heterocycles. The number of anilines is 1. The zero-order valence-electron chi connectivity index (χ0n) is 10.5. The maximum absolute atomic E-state index is 13.2. The highest BCUT2D eigenvalue weighted by Gasteiger charge is 2.20. The third kappa shape index (κ3) is 3.89. The van der Waals surface area contributed by atoms with E-state index in [1.807, 2.05) is 0 Å². The average Bonchev–Trinajstić information content (AvgIpc) is 2.36. The van der Waals surface area contributed by atoms with Gasteiger partial charge in [0, 0.05) is 18.3 Å². The maximum Gasteiger partial charge on any atom is 0.274 e. The fourth-order valence-electron chi connectivity index (χ4n) is 2.49. The van der Waals surface area contributed by atoms with E-state index in [0.29, 0.717) is 18.2 Å². The van der Waals surface area contributed by atoms with Gasteiger partial charge in [0.25, 0.3) is 5.69 Å². The van der Waals surface area contributed by atoms with E-state index in [-0.39, 0.29) is 11.8 Å². The zero-order chi connectivity index (χ0) is 13.8. The molecular weight excluding hydrogens is 251 g/mol. The first-order valence-electron chi connectivity index (χ1n) is 6.41. The van der Waals surface area contributed by atoms with E-state index in [2.05, 4.69) is 5.32 Å². The SMILES string of the molecule is O=[N+]([O-])c1cc(F)cc(NCC2CCCC(O)C2)c1. The van der Waals surface area contributed by atoms with Crippen LogP contribution in [0.4, 0.5) is 15.8 Å². The van der Waals surface area contributed by atoms with Crippen molar-refractivity contribution < 1.29 is 14.4 Å². The van der Waals surface area contributed by atoms with Gasteiger partial charge in [0.05, 0.1) is 17.1 Å². The molecule has 1 aliphatic carbocycles. The zero-order valence-corrected chi connectivity index (χ0v) is 10.5. The van der Waals surface area contributed by atoms with E-state index in [0.717, 1.165) is 31.7 Å². The van der Waals surface area contributed by atoms with Crippen LogP contribution in [0.3, 0.4) is 0 Å². The molecule has 1 aliphatic rings. The lowest BCUT2D eigenvalue weighted by atomic mass is 9.87. The van der Waals surface area contributed by atoms with Gasteiger partial charge in [-0.2, -0.15) is 0 Å². The number of hydrogen-bond donors (Lipinski definition) is 2. The highest BCUT2D eigenvalue weighted by molar-refractivity contribution is 5.51. The number of nitrogens with one attached hydrogen (secondary N) is 1. The Balaban J connectivity index is 1.97. The van der Waals surface area contributed by atoms with Crippen LogP contribution in [0.5, 0.6) is 0 Å². The second-order valence-corrected chi connectivity index (χ2v) is 5.02. The lowest BCUT2D eigenvalue weighted by molar-refractivity contribution is -0.385. The predicted octanol–water partition coefficient (Wildman–Crippen LogP) is 2.70. The number of halogens is 1. The first kappa shape index (κ1) is 13.7. The second kappa shape index (κ2) is 5.97. The molecule has 1 aromatic carbocycles. The van der Waals surface area contributed by atoms with Crippen molar-refractivity contribution in [2.24, 2.45) is 5.92 Å². The van der Waals surface area contributed by atoms with Crippen LogP contribution in [0.25, 0.3) is 0 Å². The molecule has 0 radical (unpaired) electrons. The number of nitro groups is 1. The second-order valence-electron chi connectivity index (χ2n) is 5.02. The van der Waals surface area contributed by atoms with Crippen molar-refractivity contribution in [1.29, 1.82) is 0 Å². The molecule has 5 nitrogen and oxygen atoms in total. The van der Waals surface area contributed by atoms with Crippen LogP contribution in [0.15, 0.2) is 18.2 Å². The smallest absolute Gasteiger partial charge is 0.274 e. The summed E-state index contributed by atoms with van der Waals surface area (Å²) in [6.07, 6.45) is 3.30. The topological polar surface area (TPSA) is 75.4 Å². The molecule has 0 amide bonds. The Morgan fingerprint density at radius 1 is 1.42 bits per heavy atom. The number of rotatable bonds is 4. The molecule has 6 heteroatoms. The summed E-state index contributed by atoms with van der Waals surface area (Å²) in [5, 5.41) is 23.2. The molecule has 1 saturated carbocycles. The Labute approximate surface area is 110 Å². The molecular formula is C13H17FN2O3. The minimum atomic E-state index is -0.625. The van der Waals surface area contributed by atoms with Gasteiger partial charge in [-0.3, -0.25) is 10.1 Å². The number of aliphatic hydroxyl groups excluding tert-OH is 1. The fourth-order valence-corrected chi connectivity index (χ4v) is 2.49. The van der Waals surface area contributed by atoms with Gasteiger partial charge in [-0.05, 0) is 31.2 Å². The van der Waals surface area contributed by atoms with Crippen molar-refractivity contribution in [1.82, 2.24) is 0 Å². The van der Waals surface area contributed by atoms with Crippen molar-refractivity contribution in [3.8, 4) is 0 Å². The number of nitro benzene ring substituents is 1. The first-order chi connectivity index (χ1) is 9.04. The Kier molecular flexibility index (Phi) is 4.31. The van der Waals surface area contributed by atoms with Crippen LogP contribution in [0.1, 0.15) is 25.7 Å². The minimum absolute atomic E-state index is 0.258. The molecule has 19 heavy (non-hydrogen) atoms. The van der Waals surface area contributed by atoms with Crippen LogP contribution >= 0.6 is 0 Å².